The summed E-state index contributed by atoms with van der Waals surface area (Å²) >= 11 is 0. The molecule has 0 fully saturated rings. The largest absolute Gasteiger partial charge is 0.462 e. The van der Waals surface area contributed by atoms with E-state index in [0.29, 0.717) is 19.4 Å². The predicted octanol–water partition coefficient (Wildman–Crippen LogP) is 18.3. The number of ether oxygens (including phenoxy) is 3. The maximum atomic E-state index is 12.8. The zero-order chi connectivity index (χ0) is 44.9. The lowest BCUT2D eigenvalue weighted by Crippen LogP contribution is -2.30. The van der Waals surface area contributed by atoms with Crippen molar-refractivity contribution < 1.29 is 23.8 Å². The summed E-state index contributed by atoms with van der Waals surface area (Å²) < 4.78 is 17.4. The molecule has 5 nitrogen and oxygen atoms in total. The summed E-state index contributed by atoms with van der Waals surface area (Å²) in [6.45, 7) is 7.73. The number of carbonyl (C=O) groups is 2. The number of hydrogen-bond acceptors (Lipinski definition) is 5. The first kappa shape index (κ1) is 59.9. The molecule has 1 unspecified atom stereocenters. The third-order valence-corrected chi connectivity index (χ3v) is 11.9. The summed E-state index contributed by atoms with van der Waals surface area (Å²) in [6.07, 6.45) is 65.5. The van der Waals surface area contributed by atoms with Gasteiger partial charge in [0, 0.05) is 19.4 Å². The Balaban J connectivity index is 4.20. The van der Waals surface area contributed by atoms with E-state index in [1.165, 1.54) is 161 Å². The molecule has 0 bridgehead atoms. The summed E-state index contributed by atoms with van der Waals surface area (Å²) in [7, 11) is 0. The SMILES string of the molecule is CC/C=C\C/C=C\C/C=C\C/C=C\CCCCCCC(=O)OC(COCCCCCCCCCCCC)COC(=O)CCCCCCCCCCCCCCCCCCCCC. The number of carbonyl (C=O) groups excluding carboxylic acids is 2. The van der Waals surface area contributed by atoms with Crippen molar-refractivity contribution in [3.63, 3.8) is 0 Å². The molecule has 0 aliphatic rings. The molecule has 0 rings (SSSR count). The Morgan fingerprint density at radius 1 is 0.371 bits per heavy atom. The maximum absolute atomic E-state index is 12.8. The predicted molar refractivity (Wildman–Crippen MR) is 270 cm³/mol. The van der Waals surface area contributed by atoms with E-state index < -0.39 is 6.10 Å². The first-order valence-corrected chi connectivity index (χ1v) is 27.2. The van der Waals surface area contributed by atoms with Crippen LogP contribution in [0.2, 0.25) is 0 Å². The molecule has 0 aliphatic carbocycles. The van der Waals surface area contributed by atoms with Gasteiger partial charge in [0.15, 0.2) is 6.10 Å². The van der Waals surface area contributed by atoms with Crippen LogP contribution >= 0.6 is 0 Å². The van der Waals surface area contributed by atoms with Gasteiger partial charge in [0.1, 0.15) is 6.61 Å². The Morgan fingerprint density at radius 2 is 0.726 bits per heavy atom. The Hall–Kier alpha value is -2.14. The Bertz CT molecular complexity index is 1030. The van der Waals surface area contributed by atoms with Crippen molar-refractivity contribution in [1.29, 1.82) is 0 Å². The van der Waals surface area contributed by atoms with Crippen molar-refractivity contribution in [2.24, 2.45) is 0 Å². The van der Waals surface area contributed by atoms with Gasteiger partial charge in [-0.2, -0.15) is 0 Å². The lowest BCUT2D eigenvalue weighted by atomic mass is 10.0. The summed E-state index contributed by atoms with van der Waals surface area (Å²) in [5.41, 5.74) is 0. The average molecular weight is 869 g/mol. The Morgan fingerprint density at radius 3 is 1.16 bits per heavy atom. The Kier molecular flexibility index (Phi) is 51.4. The fraction of sp³-hybridized carbons (Fsp3) is 0.825. The molecule has 0 aromatic rings. The minimum Gasteiger partial charge on any atom is -0.462 e. The number of rotatable bonds is 50. The van der Waals surface area contributed by atoms with Crippen molar-refractivity contribution in [3.8, 4) is 0 Å². The highest BCUT2D eigenvalue weighted by atomic mass is 16.6. The number of allylic oxidation sites excluding steroid dienone is 8. The molecule has 0 saturated heterocycles. The second kappa shape index (κ2) is 53.2. The van der Waals surface area contributed by atoms with E-state index in [1.807, 2.05) is 0 Å². The molecule has 362 valence electrons. The molecule has 0 amide bonds. The Labute approximate surface area is 386 Å². The van der Waals surface area contributed by atoms with Gasteiger partial charge in [-0.25, -0.2) is 0 Å². The molecular formula is C57H104O5. The van der Waals surface area contributed by atoms with Crippen molar-refractivity contribution >= 4 is 11.9 Å². The lowest BCUT2D eigenvalue weighted by molar-refractivity contribution is -0.163. The van der Waals surface area contributed by atoms with Crippen LogP contribution in [0.15, 0.2) is 48.6 Å². The average Bonchev–Trinajstić information content (AvgIpc) is 3.27. The highest BCUT2D eigenvalue weighted by Crippen LogP contribution is 2.16. The van der Waals surface area contributed by atoms with Crippen LogP contribution in [-0.2, 0) is 23.8 Å². The van der Waals surface area contributed by atoms with Gasteiger partial charge in [-0.05, 0) is 57.8 Å². The quantitative estimate of drug-likeness (QED) is 0.0346. The molecule has 0 N–H and O–H groups in total. The summed E-state index contributed by atoms with van der Waals surface area (Å²) in [6, 6.07) is 0. The molecule has 0 aromatic carbocycles. The van der Waals surface area contributed by atoms with E-state index in [4.69, 9.17) is 14.2 Å². The second-order valence-electron chi connectivity index (χ2n) is 18.1. The van der Waals surface area contributed by atoms with Crippen molar-refractivity contribution in [3.05, 3.63) is 48.6 Å². The highest BCUT2D eigenvalue weighted by Gasteiger charge is 2.17. The monoisotopic (exact) mass is 869 g/mol. The molecule has 0 spiro atoms. The van der Waals surface area contributed by atoms with Gasteiger partial charge in [-0.15, -0.1) is 0 Å². The van der Waals surface area contributed by atoms with E-state index in [0.717, 1.165) is 83.5 Å². The van der Waals surface area contributed by atoms with Crippen LogP contribution in [0.5, 0.6) is 0 Å². The van der Waals surface area contributed by atoms with Crippen LogP contribution in [-0.4, -0.2) is 37.9 Å². The fourth-order valence-electron chi connectivity index (χ4n) is 7.86. The van der Waals surface area contributed by atoms with Gasteiger partial charge in [-0.3, -0.25) is 9.59 Å². The molecular weight excluding hydrogens is 765 g/mol. The topological polar surface area (TPSA) is 61.8 Å². The van der Waals surface area contributed by atoms with Crippen molar-refractivity contribution in [2.45, 2.75) is 284 Å². The maximum Gasteiger partial charge on any atom is 0.306 e. The van der Waals surface area contributed by atoms with Crippen LogP contribution in [0, 0.1) is 0 Å². The smallest absolute Gasteiger partial charge is 0.306 e. The van der Waals surface area contributed by atoms with Crippen LogP contribution in [0.1, 0.15) is 278 Å². The third-order valence-electron chi connectivity index (χ3n) is 11.9. The summed E-state index contributed by atoms with van der Waals surface area (Å²) in [5, 5.41) is 0. The van der Waals surface area contributed by atoms with Crippen molar-refractivity contribution in [1.82, 2.24) is 0 Å². The minimum absolute atomic E-state index is 0.0800. The molecule has 0 aliphatic heterocycles. The van der Waals surface area contributed by atoms with E-state index in [2.05, 4.69) is 69.4 Å². The van der Waals surface area contributed by atoms with Crippen LogP contribution in [0.3, 0.4) is 0 Å². The standard InChI is InChI=1S/C57H104O5/c1-4-7-10-13-16-19-22-24-26-28-29-31-32-34-36-38-41-44-47-50-56(58)61-54-55(53-60-52-49-46-43-40-21-18-15-12-9-6-3)62-57(59)51-48-45-42-39-37-35-33-30-27-25-23-20-17-14-11-8-5-2/h8,11,17,20,25,27,33,35,55H,4-7,9-10,12-16,18-19,21-24,26,28-32,34,36-54H2,1-3H3/b11-8-,20-17-,27-25-,35-33-. The van der Waals surface area contributed by atoms with E-state index in [1.54, 1.807) is 0 Å². The fourth-order valence-corrected chi connectivity index (χ4v) is 7.86. The van der Waals surface area contributed by atoms with Gasteiger partial charge in [0.2, 0.25) is 0 Å². The number of hydrogen-bond donors (Lipinski definition) is 0. The summed E-state index contributed by atoms with van der Waals surface area (Å²) in [4.78, 5) is 25.4. The molecule has 0 saturated carbocycles. The van der Waals surface area contributed by atoms with Crippen molar-refractivity contribution in [2.75, 3.05) is 19.8 Å². The first-order valence-electron chi connectivity index (χ1n) is 27.2. The molecule has 5 heteroatoms. The molecule has 0 heterocycles. The van der Waals surface area contributed by atoms with Gasteiger partial charge < -0.3 is 14.2 Å². The normalized spacial score (nSPS) is 12.5. The van der Waals surface area contributed by atoms with Crippen LogP contribution in [0.25, 0.3) is 0 Å². The van der Waals surface area contributed by atoms with Gasteiger partial charge in [0.25, 0.3) is 0 Å². The van der Waals surface area contributed by atoms with Crippen LogP contribution in [0.4, 0.5) is 0 Å². The second-order valence-corrected chi connectivity index (χ2v) is 18.1. The number of esters is 2. The van der Waals surface area contributed by atoms with Crippen LogP contribution < -0.4 is 0 Å². The third kappa shape index (κ3) is 50.5. The molecule has 0 radical (unpaired) electrons. The van der Waals surface area contributed by atoms with Gasteiger partial charge in [-0.1, -0.05) is 256 Å². The van der Waals surface area contributed by atoms with E-state index in [-0.39, 0.29) is 25.2 Å². The van der Waals surface area contributed by atoms with Gasteiger partial charge in [0.05, 0.1) is 6.61 Å². The van der Waals surface area contributed by atoms with Gasteiger partial charge >= 0.3 is 11.9 Å². The molecule has 0 aromatic heterocycles. The first-order chi connectivity index (χ1) is 30.6. The lowest BCUT2D eigenvalue weighted by Gasteiger charge is -2.18. The van der Waals surface area contributed by atoms with E-state index in [9.17, 15) is 9.59 Å². The highest BCUT2D eigenvalue weighted by molar-refractivity contribution is 5.70. The molecule has 1 atom stereocenters. The number of unbranched alkanes of at least 4 members (excludes halogenated alkanes) is 31. The molecule has 62 heavy (non-hydrogen) atoms. The minimum atomic E-state index is -0.544. The zero-order valence-corrected chi connectivity index (χ0v) is 41.6. The zero-order valence-electron chi connectivity index (χ0n) is 41.6. The summed E-state index contributed by atoms with van der Waals surface area (Å²) in [5.74, 6) is -0.410. The van der Waals surface area contributed by atoms with E-state index >= 15 is 0 Å².